The van der Waals surface area contributed by atoms with Crippen LogP contribution in [0, 0.1) is 11.8 Å². The van der Waals surface area contributed by atoms with Crippen LogP contribution in [-0.2, 0) is 22.6 Å². The summed E-state index contributed by atoms with van der Waals surface area (Å²) in [6.45, 7) is 14.0. The molecule has 0 spiro atoms. The predicted octanol–water partition coefficient (Wildman–Crippen LogP) is 9.32. The number of nitrogens with two attached hydrogens (primary N) is 1. The predicted molar refractivity (Wildman–Crippen MR) is 244 cm³/mol. The summed E-state index contributed by atoms with van der Waals surface area (Å²) in [4.78, 5) is 25.5. The fraction of sp³-hybridized carbons (Fsp3) is 0.500. The summed E-state index contributed by atoms with van der Waals surface area (Å²) in [5.41, 5.74) is 10.2. The molecule has 0 unspecified atom stereocenters. The molecule has 4 aliphatic heterocycles. The second kappa shape index (κ2) is 23.4. The van der Waals surface area contributed by atoms with Crippen molar-refractivity contribution in [2.75, 3.05) is 45.9 Å². The van der Waals surface area contributed by atoms with Gasteiger partial charge in [0.15, 0.2) is 23.7 Å². The van der Waals surface area contributed by atoms with E-state index in [2.05, 4.69) is 68.3 Å². The number of halogens is 3. The molecule has 0 amide bonds. The van der Waals surface area contributed by atoms with Crippen molar-refractivity contribution in [2.24, 2.45) is 17.6 Å². The first-order chi connectivity index (χ1) is 27.7. The highest BCUT2D eigenvalue weighted by Gasteiger charge is 2.26. The molecule has 0 radical (unpaired) electrons. The zero-order valence-corrected chi connectivity index (χ0v) is 37.5. The van der Waals surface area contributed by atoms with Crippen LogP contribution in [-0.4, -0.2) is 77.3 Å². The molecule has 6 heterocycles. The highest BCUT2D eigenvalue weighted by molar-refractivity contribution is 5.86. The van der Waals surface area contributed by atoms with Crippen LogP contribution < -0.4 is 24.7 Å². The van der Waals surface area contributed by atoms with E-state index in [9.17, 15) is 4.79 Å². The van der Waals surface area contributed by atoms with Crippen molar-refractivity contribution in [1.82, 2.24) is 19.8 Å². The second-order valence-corrected chi connectivity index (χ2v) is 16.7. The van der Waals surface area contributed by atoms with Gasteiger partial charge in [-0.3, -0.25) is 14.6 Å². The number of fused-ring (bicyclic) bond motifs is 2. The minimum atomic E-state index is -0.395. The van der Waals surface area contributed by atoms with Gasteiger partial charge < -0.3 is 30.8 Å². The molecule has 2 fully saturated rings. The number of nitrogens with zero attached hydrogens (tertiary/aromatic N) is 4. The third-order valence-corrected chi connectivity index (χ3v) is 11.2. The molecular weight excluding hydrogens is 825 g/mol. The summed E-state index contributed by atoms with van der Waals surface area (Å²) >= 11 is 0. The number of aromatic nitrogens is 2. The third-order valence-electron chi connectivity index (χ3n) is 11.2. The van der Waals surface area contributed by atoms with Gasteiger partial charge in [0.25, 0.3) is 11.8 Å². The van der Waals surface area contributed by atoms with Gasteiger partial charge in [0.1, 0.15) is 18.8 Å². The molecule has 0 bridgehead atoms. The van der Waals surface area contributed by atoms with Crippen LogP contribution in [0.1, 0.15) is 96.6 Å². The van der Waals surface area contributed by atoms with Crippen molar-refractivity contribution < 1.29 is 31.3 Å². The molecule has 4 aromatic rings. The van der Waals surface area contributed by atoms with Crippen molar-refractivity contribution in [2.45, 2.75) is 90.2 Å². The Labute approximate surface area is 377 Å². The minimum Gasteiger partial charge on any atom is -1.00 e. The smallest absolute Gasteiger partial charge is 0.306 e. The van der Waals surface area contributed by atoms with E-state index in [-0.39, 0.29) is 58.3 Å². The maximum absolute atomic E-state index is 12.0. The molecule has 4 aliphatic rings. The van der Waals surface area contributed by atoms with Crippen molar-refractivity contribution in [1.29, 1.82) is 0 Å². The largest absolute Gasteiger partial charge is 1.00 e. The first kappa shape index (κ1) is 48.8. The van der Waals surface area contributed by atoms with Crippen LogP contribution in [0.2, 0.25) is 0 Å². The third kappa shape index (κ3) is 14.1. The Kier molecular flexibility index (Phi) is 19.0. The summed E-state index contributed by atoms with van der Waals surface area (Å²) in [5.74, 6) is 3.80. The van der Waals surface area contributed by atoms with Crippen LogP contribution in [0.4, 0.5) is 0 Å². The van der Waals surface area contributed by atoms with Gasteiger partial charge >= 0.3 is 5.97 Å². The first-order valence-electron chi connectivity index (χ1n) is 20.7. The number of piperidine rings is 2. The summed E-state index contributed by atoms with van der Waals surface area (Å²) < 4.78 is 29.0. The lowest BCUT2D eigenvalue weighted by Crippen LogP contribution is -2.35. The van der Waals surface area contributed by atoms with Crippen LogP contribution in [0.3, 0.4) is 0 Å². The fourth-order valence-electron chi connectivity index (χ4n) is 7.87. The Morgan fingerprint density at radius 3 is 1.57 bits per heavy atom. The molecular formula is C46H65Cl3N5O6-. The summed E-state index contributed by atoms with van der Waals surface area (Å²) in [6, 6.07) is 24.8. The topological polar surface area (TPSA) is 122 Å². The van der Waals surface area contributed by atoms with Crippen LogP contribution in [0.5, 0.6) is 23.3 Å². The summed E-state index contributed by atoms with van der Waals surface area (Å²) in [7, 11) is 0. The second-order valence-electron chi connectivity index (χ2n) is 16.7. The van der Waals surface area contributed by atoms with Crippen LogP contribution >= 0.6 is 37.2 Å². The van der Waals surface area contributed by atoms with Crippen molar-refractivity contribution >= 4 is 43.2 Å². The molecule has 2 atom stereocenters. The van der Waals surface area contributed by atoms with Gasteiger partial charge in [0.2, 0.25) is 0 Å². The van der Waals surface area contributed by atoms with Gasteiger partial charge in [0.05, 0.1) is 0 Å². The molecule has 2 N–H and O–H groups in total. The average molecular weight is 890 g/mol. The quantitative estimate of drug-likeness (QED) is 0.153. The van der Waals surface area contributed by atoms with Gasteiger partial charge in [-0.05, 0) is 144 Å². The lowest BCUT2D eigenvalue weighted by Gasteiger charge is -2.32. The molecule has 8 rings (SSSR count). The van der Waals surface area contributed by atoms with Crippen molar-refractivity contribution in [3.8, 4) is 23.3 Å². The Hall–Kier alpha value is -3.84. The number of pyridine rings is 2. The monoisotopic (exact) mass is 888 g/mol. The van der Waals surface area contributed by atoms with Crippen molar-refractivity contribution in [3.05, 3.63) is 107 Å². The van der Waals surface area contributed by atoms with E-state index in [0.29, 0.717) is 49.0 Å². The van der Waals surface area contributed by atoms with E-state index in [0.717, 1.165) is 82.0 Å². The molecule has 0 aliphatic carbocycles. The number of benzene rings is 2. The number of likely N-dealkylation sites (tertiary alicyclic amines) is 2. The number of ether oxygens (including phenoxy) is 5. The number of esters is 1. The highest BCUT2D eigenvalue weighted by atomic mass is 35.5. The molecule has 60 heavy (non-hydrogen) atoms. The van der Waals surface area contributed by atoms with E-state index in [4.69, 9.17) is 29.4 Å². The van der Waals surface area contributed by atoms with E-state index in [1.807, 2.05) is 45.0 Å². The molecule has 2 aromatic carbocycles. The first-order valence-corrected chi connectivity index (χ1v) is 20.7. The normalized spacial score (nSPS) is 19.3. The molecule has 14 heteroatoms. The van der Waals surface area contributed by atoms with Gasteiger partial charge in [-0.25, -0.2) is 9.97 Å². The molecule has 332 valence electrons. The Balaban J connectivity index is 0.000000404. The Morgan fingerprint density at radius 1 is 0.717 bits per heavy atom. The zero-order chi connectivity index (χ0) is 39.6. The standard InChI is InChI=1S/C26H34N2O4.C20H25N3O2.3ClH.H2.H/c1-26(2,3)32-24(29)11-8-19-12-15-28(16-13-19)17-20-6-9-21(10-7-20)23-18-30-22-5-4-14-27-25(22)31-23;21-12-15-7-10-23(11-8-15)13-16-3-5-17(6-4-16)19-14-24-18-2-1-9-22-20(18)25-19;;;;;/h4-7,9-10,14,19,23H,8,11-13,15-18H2,1-3H3;1-6,9,15,19H,7-8,10-14,21H2;4*1H;/q;;;;;;-1/t23-;19-;;;;;/m11...../s1. The average Bonchev–Trinajstić information content (AvgIpc) is 3.23. The number of hydrogen-bond donors (Lipinski definition) is 1. The summed E-state index contributed by atoms with van der Waals surface area (Å²) in [5, 5.41) is 0. The Morgan fingerprint density at radius 2 is 1.15 bits per heavy atom. The number of carbonyl (C=O) groups is 1. The van der Waals surface area contributed by atoms with E-state index < -0.39 is 5.60 Å². The fourth-order valence-corrected chi connectivity index (χ4v) is 7.87. The highest BCUT2D eigenvalue weighted by Crippen LogP contribution is 2.35. The summed E-state index contributed by atoms with van der Waals surface area (Å²) in [6.07, 6.45) is 9.37. The Bertz CT molecular complexity index is 1900. The van der Waals surface area contributed by atoms with Gasteiger partial charge in [-0.15, -0.1) is 37.2 Å². The zero-order valence-electron chi connectivity index (χ0n) is 36.0. The van der Waals surface area contributed by atoms with Crippen molar-refractivity contribution in [3.63, 3.8) is 0 Å². The van der Waals surface area contributed by atoms with E-state index >= 15 is 0 Å². The van der Waals surface area contributed by atoms with Crippen LogP contribution in [0.15, 0.2) is 85.2 Å². The van der Waals surface area contributed by atoms with Gasteiger partial charge in [0, 0.05) is 33.3 Å². The maximum Gasteiger partial charge on any atom is 0.306 e. The number of carbonyl (C=O) groups excluding carboxylic acids is 1. The maximum atomic E-state index is 12.0. The SMILES string of the molecule is CC(C)(C)OC(=O)CCC1CCN(Cc2ccc([C@H]3COc4cccnc4O3)cc2)CC1.Cl.Cl.Cl.NCC1CCN(Cc2ccc([C@H]3COc4cccnc4O3)cc2)CC1.[H-].[HH]. The lowest BCUT2D eigenvalue weighted by molar-refractivity contribution is -0.155. The number of hydrogen-bond acceptors (Lipinski definition) is 11. The van der Waals surface area contributed by atoms with Gasteiger partial charge in [-0.2, -0.15) is 0 Å². The van der Waals surface area contributed by atoms with E-state index in [1.165, 1.54) is 24.0 Å². The lowest BCUT2D eigenvalue weighted by atomic mass is 9.92. The molecule has 11 nitrogen and oxygen atoms in total. The number of rotatable bonds is 10. The van der Waals surface area contributed by atoms with Crippen LogP contribution in [0.25, 0.3) is 0 Å². The molecule has 2 saturated heterocycles. The van der Waals surface area contributed by atoms with Gasteiger partial charge in [-0.1, -0.05) is 48.5 Å². The molecule has 2 aromatic heterocycles. The van der Waals surface area contributed by atoms with E-state index in [1.54, 1.807) is 12.4 Å². The minimum absolute atomic E-state index is 0. The molecule has 0 saturated carbocycles.